The lowest BCUT2D eigenvalue weighted by Crippen LogP contribution is -2.41. The fraction of sp³-hybridized carbons (Fsp3) is 0.630. The number of nitrogens with one attached hydrogen (secondary N) is 1. The van der Waals surface area contributed by atoms with Crippen LogP contribution in [0.4, 0.5) is 5.69 Å². The monoisotopic (exact) mass is 419 g/mol. The molecule has 31 heavy (non-hydrogen) atoms. The molecule has 0 aliphatic heterocycles. The number of carbonyl (C=O) groups excluding carboxylic acids is 1. The molecule has 2 saturated carbocycles. The first-order valence-electron chi connectivity index (χ1n) is 12.2. The molecular formula is C27H37N3O. The van der Waals surface area contributed by atoms with Crippen LogP contribution >= 0.6 is 0 Å². The molecule has 6 unspecified atom stereocenters. The number of fused-ring (bicyclic) bond motifs is 4. The second kappa shape index (κ2) is 8.20. The molecule has 4 nitrogen and oxygen atoms in total. The molecule has 4 aliphatic rings. The molecule has 166 valence electrons. The van der Waals surface area contributed by atoms with E-state index >= 15 is 0 Å². The lowest BCUT2D eigenvalue weighted by atomic mass is 9.61. The Labute approximate surface area is 187 Å². The fourth-order valence-electron chi connectivity index (χ4n) is 7.26. The lowest BCUT2D eigenvalue weighted by molar-refractivity contribution is -0.123. The van der Waals surface area contributed by atoms with Gasteiger partial charge in [-0.15, -0.1) is 0 Å². The predicted octanol–water partition coefficient (Wildman–Crippen LogP) is 5.45. The van der Waals surface area contributed by atoms with Gasteiger partial charge in [-0.25, -0.2) is 0 Å². The van der Waals surface area contributed by atoms with Crippen molar-refractivity contribution in [2.75, 3.05) is 19.4 Å². The molecule has 0 saturated heterocycles. The SMILES string of the molecule is CN(C)C1CCC2=CC3=CCC4(C)C(C(=O)Nc5cccnc5)CCC4C3CCC2C1. The Morgan fingerprint density at radius 3 is 2.84 bits per heavy atom. The molecule has 0 bridgehead atoms. The molecule has 5 rings (SSSR count). The van der Waals surface area contributed by atoms with Crippen molar-refractivity contribution >= 4 is 11.6 Å². The normalized spacial score (nSPS) is 37.1. The van der Waals surface area contributed by atoms with E-state index < -0.39 is 0 Å². The van der Waals surface area contributed by atoms with Crippen molar-refractivity contribution in [1.29, 1.82) is 0 Å². The van der Waals surface area contributed by atoms with Gasteiger partial charge in [0.2, 0.25) is 5.91 Å². The molecule has 6 atom stereocenters. The Bertz CT molecular complexity index is 889. The van der Waals surface area contributed by atoms with E-state index in [2.05, 4.69) is 48.4 Å². The van der Waals surface area contributed by atoms with Crippen molar-refractivity contribution in [3.8, 4) is 0 Å². The van der Waals surface area contributed by atoms with Gasteiger partial charge < -0.3 is 10.2 Å². The topological polar surface area (TPSA) is 45.2 Å². The third-order valence-electron chi connectivity index (χ3n) is 9.10. The van der Waals surface area contributed by atoms with Gasteiger partial charge in [0.15, 0.2) is 0 Å². The van der Waals surface area contributed by atoms with E-state index in [0.29, 0.717) is 11.8 Å². The number of aromatic nitrogens is 1. The quantitative estimate of drug-likeness (QED) is 0.709. The van der Waals surface area contributed by atoms with Crippen LogP contribution in [-0.4, -0.2) is 35.9 Å². The highest BCUT2D eigenvalue weighted by molar-refractivity contribution is 5.93. The van der Waals surface area contributed by atoms with E-state index in [0.717, 1.165) is 30.5 Å². The zero-order valence-corrected chi connectivity index (χ0v) is 19.3. The Morgan fingerprint density at radius 2 is 2.06 bits per heavy atom. The number of allylic oxidation sites excluding steroid dienone is 4. The van der Waals surface area contributed by atoms with Crippen LogP contribution in [0.5, 0.6) is 0 Å². The average molecular weight is 420 g/mol. The van der Waals surface area contributed by atoms with E-state index in [9.17, 15) is 4.79 Å². The minimum Gasteiger partial charge on any atom is -0.324 e. The molecule has 1 N–H and O–H groups in total. The zero-order valence-electron chi connectivity index (χ0n) is 19.3. The largest absolute Gasteiger partial charge is 0.324 e. The van der Waals surface area contributed by atoms with Crippen LogP contribution in [0, 0.1) is 29.1 Å². The van der Waals surface area contributed by atoms with Crippen LogP contribution in [0.15, 0.2) is 47.8 Å². The maximum absolute atomic E-state index is 13.2. The third-order valence-corrected chi connectivity index (χ3v) is 9.10. The fourth-order valence-corrected chi connectivity index (χ4v) is 7.26. The molecule has 0 radical (unpaired) electrons. The number of pyridine rings is 1. The predicted molar refractivity (Wildman–Crippen MR) is 126 cm³/mol. The van der Waals surface area contributed by atoms with Crippen LogP contribution in [0.25, 0.3) is 0 Å². The summed E-state index contributed by atoms with van der Waals surface area (Å²) in [5.41, 5.74) is 4.18. The van der Waals surface area contributed by atoms with Crippen molar-refractivity contribution in [3.05, 3.63) is 47.8 Å². The molecular weight excluding hydrogens is 382 g/mol. The van der Waals surface area contributed by atoms with Crippen molar-refractivity contribution < 1.29 is 4.79 Å². The Kier molecular flexibility index (Phi) is 5.54. The number of hydrogen-bond acceptors (Lipinski definition) is 3. The van der Waals surface area contributed by atoms with Crippen molar-refractivity contribution in [2.45, 2.75) is 64.3 Å². The summed E-state index contributed by atoms with van der Waals surface area (Å²) in [6.07, 6.45) is 18.3. The van der Waals surface area contributed by atoms with E-state index in [1.807, 2.05) is 12.1 Å². The number of anilines is 1. The minimum atomic E-state index is 0.0701. The van der Waals surface area contributed by atoms with Gasteiger partial charge in [0.25, 0.3) is 0 Å². The number of carbonyl (C=O) groups is 1. The van der Waals surface area contributed by atoms with Crippen molar-refractivity contribution in [3.63, 3.8) is 0 Å². The smallest absolute Gasteiger partial charge is 0.228 e. The van der Waals surface area contributed by atoms with Crippen LogP contribution < -0.4 is 5.32 Å². The van der Waals surface area contributed by atoms with E-state index in [-0.39, 0.29) is 17.2 Å². The molecule has 4 aliphatic carbocycles. The van der Waals surface area contributed by atoms with Gasteiger partial charge in [-0.1, -0.05) is 24.6 Å². The van der Waals surface area contributed by atoms with Crippen LogP contribution in [0.3, 0.4) is 0 Å². The van der Waals surface area contributed by atoms with Gasteiger partial charge in [0.05, 0.1) is 11.9 Å². The van der Waals surface area contributed by atoms with Crippen LogP contribution in [0.1, 0.15) is 58.3 Å². The molecule has 0 aromatic carbocycles. The van der Waals surface area contributed by atoms with Gasteiger partial charge in [0.1, 0.15) is 0 Å². The molecule has 1 aromatic rings. The first-order valence-corrected chi connectivity index (χ1v) is 12.2. The van der Waals surface area contributed by atoms with Gasteiger partial charge in [-0.2, -0.15) is 0 Å². The molecule has 0 spiro atoms. The average Bonchev–Trinajstić information content (AvgIpc) is 3.00. The summed E-state index contributed by atoms with van der Waals surface area (Å²) in [4.78, 5) is 19.8. The summed E-state index contributed by atoms with van der Waals surface area (Å²) < 4.78 is 0. The maximum Gasteiger partial charge on any atom is 0.228 e. The maximum atomic E-state index is 13.2. The third kappa shape index (κ3) is 3.77. The minimum absolute atomic E-state index is 0.0701. The molecule has 2 fully saturated rings. The Hall–Kier alpha value is -1.94. The van der Waals surface area contributed by atoms with Gasteiger partial charge >= 0.3 is 0 Å². The summed E-state index contributed by atoms with van der Waals surface area (Å²) in [5.74, 6) is 2.28. The standard InChI is InChI=1S/C27H37N3O/c1-27-13-12-20-15-18-6-8-22(30(2)3)16-19(18)7-9-23(20)24(27)10-11-25(27)26(31)29-21-5-4-14-28-17-21/h4-5,12,14-15,17,19,22-25H,6-11,13,16H2,1-3H3,(H,29,31). The molecule has 1 amide bonds. The van der Waals surface area contributed by atoms with Crippen LogP contribution in [-0.2, 0) is 4.79 Å². The summed E-state index contributed by atoms with van der Waals surface area (Å²) in [6.45, 7) is 2.39. The van der Waals surface area contributed by atoms with Crippen molar-refractivity contribution in [2.24, 2.45) is 29.1 Å². The molecule has 1 heterocycles. The molecule has 1 aromatic heterocycles. The van der Waals surface area contributed by atoms with E-state index in [1.54, 1.807) is 23.5 Å². The number of nitrogens with zero attached hydrogens (tertiary/aromatic N) is 2. The summed E-state index contributed by atoms with van der Waals surface area (Å²) in [7, 11) is 4.47. The van der Waals surface area contributed by atoms with Gasteiger partial charge in [-0.3, -0.25) is 9.78 Å². The number of hydrogen-bond donors (Lipinski definition) is 1. The number of amides is 1. The summed E-state index contributed by atoms with van der Waals surface area (Å²) in [5, 5.41) is 3.14. The Balaban J connectivity index is 1.34. The number of rotatable bonds is 3. The van der Waals surface area contributed by atoms with E-state index in [4.69, 9.17) is 0 Å². The first kappa shape index (κ1) is 20.9. The van der Waals surface area contributed by atoms with Crippen LogP contribution in [0.2, 0.25) is 0 Å². The lowest BCUT2D eigenvalue weighted by Gasteiger charge is -2.43. The highest BCUT2D eigenvalue weighted by atomic mass is 16.1. The summed E-state index contributed by atoms with van der Waals surface area (Å²) in [6, 6.07) is 4.54. The zero-order chi connectivity index (χ0) is 21.6. The van der Waals surface area contributed by atoms with Gasteiger partial charge in [-0.05, 0) is 106 Å². The molecule has 4 heteroatoms. The van der Waals surface area contributed by atoms with Crippen molar-refractivity contribution in [1.82, 2.24) is 9.88 Å². The second-order valence-electron chi connectivity index (χ2n) is 10.9. The van der Waals surface area contributed by atoms with Gasteiger partial charge in [0, 0.05) is 18.2 Å². The highest BCUT2D eigenvalue weighted by Crippen LogP contribution is 2.59. The Morgan fingerprint density at radius 1 is 1.19 bits per heavy atom. The second-order valence-corrected chi connectivity index (χ2v) is 10.9. The van der Waals surface area contributed by atoms with E-state index in [1.165, 1.54) is 38.5 Å². The highest BCUT2D eigenvalue weighted by Gasteiger charge is 2.54. The summed E-state index contributed by atoms with van der Waals surface area (Å²) >= 11 is 0. The first-order chi connectivity index (χ1) is 15.0.